The Morgan fingerprint density at radius 2 is 1.59 bits per heavy atom. The molecule has 34 heavy (non-hydrogen) atoms. The minimum absolute atomic E-state index is 0.114. The van der Waals surface area contributed by atoms with Crippen LogP contribution in [0.15, 0.2) is 83.8 Å². The maximum Gasteiger partial charge on any atom is 0.264 e. The van der Waals surface area contributed by atoms with Gasteiger partial charge in [0.2, 0.25) is 5.91 Å². The number of benzene rings is 3. The third-order valence-electron chi connectivity index (χ3n) is 5.97. The number of halogens is 1. The molecule has 0 bridgehead atoms. The van der Waals surface area contributed by atoms with E-state index in [1.54, 1.807) is 42.5 Å². The number of carbonyl (C=O) groups is 1. The van der Waals surface area contributed by atoms with E-state index < -0.39 is 15.9 Å². The Hall–Kier alpha value is -3.03. The Bertz CT molecular complexity index is 1210. The van der Waals surface area contributed by atoms with Crippen LogP contribution in [0.3, 0.4) is 0 Å². The van der Waals surface area contributed by atoms with Gasteiger partial charge in [-0.3, -0.25) is 9.10 Å². The molecule has 1 heterocycles. The monoisotopic (exact) mass is 497 g/mol. The molecule has 0 aliphatic carbocycles. The van der Waals surface area contributed by atoms with E-state index in [0.717, 1.165) is 23.0 Å². The van der Waals surface area contributed by atoms with Crippen LogP contribution in [0.25, 0.3) is 0 Å². The Kier molecular flexibility index (Phi) is 7.44. The molecule has 1 aliphatic rings. The van der Waals surface area contributed by atoms with E-state index >= 15 is 0 Å². The molecule has 178 valence electrons. The number of hydrogen-bond donors (Lipinski definition) is 1. The lowest BCUT2D eigenvalue weighted by atomic mass is 10.1. The van der Waals surface area contributed by atoms with E-state index in [0.29, 0.717) is 10.7 Å². The van der Waals surface area contributed by atoms with Crippen molar-refractivity contribution >= 4 is 38.9 Å². The number of amides is 1. The molecule has 4 rings (SSSR count). The molecule has 0 radical (unpaired) electrons. The molecule has 1 fully saturated rings. The molecule has 8 heteroatoms. The summed E-state index contributed by atoms with van der Waals surface area (Å²) in [6, 6.07) is 22.4. The summed E-state index contributed by atoms with van der Waals surface area (Å²) in [7, 11) is -3.95. The Morgan fingerprint density at radius 3 is 2.21 bits per heavy atom. The number of rotatable bonds is 8. The smallest absolute Gasteiger partial charge is 0.264 e. The van der Waals surface area contributed by atoms with Crippen molar-refractivity contribution < 1.29 is 13.2 Å². The van der Waals surface area contributed by atoms with E-state index in [4.69, 9.17) is 11.6 Å². The highest BCUT2D eigenvalue weighted by Crippen LogP contribution is 2.26. The van der Waals surface area contributed by atoms with E-state index in [9.17, 15) is 13.2 Å². The number of anilines is 2. The summed E-state index contributed by atoms with van der Waals surface area (Å²) >= 11 is 5.99. The molecule has 6 nitrogen and oxygen atoms in total. The molecule has 0 saturated carbocycles. The quantitative estimate of drug-likeness (QED) is 0.474. The molecule has 1 atom stereocenters. The third kappa shape index (κ3) is 5.54. The van der Waals surface area contributed by atoms with Gasteiger partial charge in [0.1, 0.15) is 6.54 Å². The Labute approximate surface area is 206 Å². The normalized spacial score (nSPS) is 14.6. The van der Waals surface area contributed by atoms with Gasteiger partial charge in [0, 0.05) is 23.8 Å². The molecule has 1 amide bonds. The van der Waals surface area contributed by atoms with Crippen molar-refractivity contribution in [3.63, 3.8) is 0 Å². The first-order valence-electron chi connectivity index (χ1n) is 11.3. The average Bonchev–Trinajstić information content (AvgIpc) is 3.39. The van der Waals surface area contributed by atoms with Gasteiger partial charge < -0.3 is 10.2 Å². The summed E-state index contributed by atoms with van der Waals surface area (Å²) in [6.07, 6.45) is 2.43. The van der Waals surface area contributed by atoms with Crippen LogP contribution in [0.4, 0.5) is 11.4 Å². The summed E-state index contributed by atoms with van der Waals surface area (Å²) in [5, 5.41) is 3.42. The Balaban J connectivity index is 1.50. The molecule has 3 aromatic carbocycles. The van der Waals surface area contributed by atoms with Gasteiger partial charge in [-0.15, -0.1) is 0 Å². The maximum absolute atomic E-state index is 13.4. The van der Waals surface area contributed by atoms with Crippen molar-refractivity contribution in [2.75, 3.05) is 28.8 Å². The fourth-order valence-corrected chi connectivity index (χ4v) is 5.66. The Morgan fingerprint density at radius 1 is 0.971 bits per heavy atom. The van der Waals surface area contributed by atoms with Crippen molar-refractivity contribution in [2.24, 2.45) is 0 Å². The second kappa shape index (κ2) is 10.5. The number of carbonyl (C=O) groups excluding carboxylic acids is 1. The van der Waals surface area contributed by atoms with Crippen molar-refractivity contribution in [3.05, 3.63) is 89.4 Å². The lowest BCUT2D eigenvalue weighted by Gasteiger charge is -2.25. The van der Waals surface area contributed by atoms with Gasteiger partial charge in [0.15, 0.2) is 0 Å². The van der Waals surface area contributed by atoms with E-state index in [1.165, 1.54) is 30.7 Å². The topological polar surface area (TPSA) is 69.7 Å². The second-order valence-electron chi connectivity index (χ2n) is 8.38. The molecule has 0 aromatic heterocycles. The van der Waals surface area contributed by atoms with Crippen molar-refractivity contribution in [1.29, 1.82) is 0 Å². The highest BCUT2D eigenvalue weighted by Gasteiger charge is 2.27. The van der Waals surface area contributed by atoms with Gasteiger partial charge in [0.25, 0.3) is 10.0 Å². The molecule has 1 unspecified atom stereocenters. The zero-order chi connectivity index (χ0) is 24.1. The van der Waals surface area contributed by atoms with E-state index in [-0.39, 0.29) is 17.5 Å². The first-order chi connectivity index (χ1) is 16.3. The molecule has 1 N–H and O–H groups in total. The SMILES string of the molecule is CC(NC(=O)CN(c1ccc(Cl)cc1)S(=O)(=O)c1ccccc1)c1ccc(N2CCCC2)cc1. The van der Waals surface area contributed by atoms with Crippen LogP contribution in [0.1, 0.15) is 31.4 Å². The number of hydrogen-bond acceptors (Lipinski definition) is 4. The fraction of sp³-hybridized carbons (Fsp3) is 0.269. The average molecular weight is 498 g/mol. The summed E-state index contributed by atoms with van der Waals surface area (Å²) in [5.74, 6) is -0.398. The lowest BCUT2D eigenvalue weighted by Crippen LogP contribution is -2.41. The highest BCUT2D eigenvalue weighted by molar-refractivity contribution is 7.92. The maximum atomic E-state index is 13.4. The number of nitrogens with one attached hydrogen (secondary N) is 1. The van der Waals surface area contributed by atoms with Crippen LogP contribution in [-0.2, 0) is 14.8 Å². The van der Waals surface area contributed by atoms with E-state index in [1.807, 2.05) is 19.1 Å². The van der Waals surface area contributed by atoms with E-state index in [2.05, 4.69) is 22.3 Å². The zero-order valence-electron chi connectivity index (χ0n) is 19.0. The first kappa shape index (κ1) is 24.1. The summed E-state index contributed by atoms with van der Waals surface area (Å²) in [6.45, 7) is 3.68. The van der Waals surface area contributed by atoms with Crippen molar-refractivity contribution in [1.82, 2.24) is 5.32 Å². The highest BCUT2D eigenvalue weighted by atomic mass is 35.5. The van der Waals surface area contributed by atoms with Gasteiger partial charge in [-0.05, 0) is 73.9 Å². The molecular formula is C26H28ClN3O3S. The van der Waals surface area contributed by atoms with Crippen molar-refractivity contribution in [2.45, 2.75) is 30.7 Å². The van der Waals surface area contributed by atoms with Crippen LogP contribution < -0.4 is 14.5 Å². The lowest BCUT2D eigenvalue weighted by molar-refractivity contribution is -0.120. The largest absolute Gasteiger partial charge is 0.372 e. The molecule has 3 aromatic rings. The molecule has 1 aliphatic heterocycles. The summed E-state index contributed by atoms with van der Waals surface area (Å²) in [4.78, 5) is 15.4. The van der Waals surface area contributed by atoms with Crippen LogP contribution >= 0.6 is 11.6 Å². The van der Waals surface area contributed by atoms with Crippen LogP contribution in [0.5, 0.6) is 0 Å². The fourth-order valence-electron chi connectivity index (χ4n) is 4.09. The van der Waals surface area contributed by atoms with Crippen molar-refractivity contribution in [3.8, 4) is 0 Å². The van der Waals surface area contributed by atoms with Gasteiger partial charge in [-0.1, -0.05) is 41.9 Å². The predicted molar refractivity (Wildman–Crippen MR) is 137 cm³/mol. The standard InChI is InChI=1S/C26H28ClN3O3S/c1-20(21-9-13-23(14-10-21)29-17-5-6-18-29)28-26(31)19-30(24-15-11-22(27)12-16-24)34(32,33)25-7-3-2-4-8-25/h2-4,7-16,20H,5-6,17-19H2,1H3,(H,28,31). The predicted octanol–water partition coefficient (Wildman–Crippen LogP) is 5.01. The molecular weight excluding hydrogens is 470 g/mol. The van der Waals surface area contributed by atoms with Crippen LogP contribution in [0, 0.1) is 0 Å². The zero-order valence-corrected chi connectivity index (χ0v) is 20.6. The van der Waals surface area contributed by atoms with Crippen LogP contribution in [-0.4, -0.2) is 34.0 Å². The van der Waals surface area contributed by atoms with Gasteiger partial charge >= 0.3 is 0 Å². The van der Waals surface area contributed by atoms with Gasteiger partial charge in [-0.2, -0.15) is 0 Å². The molecule has 1 saturated heterocycles. The summed E-state index contributed by atoms with van der Waals surface area (Å²) in [5.41, 5.74) is 2.51. The molecule has 0 spiro atoms. The first-order valence-corrected chi connectivity index (χ1v) is 13.1. The summed E-state index contributed by atoms with van der Waals surface area (Å²) < 4.78 is 27.9. The van der Waals surface area contributed by atoms with Crippen LogP contribution in [0.2, 0.25) is 5.02 Å². The minimum atomic E-state index is -3.95. The minimum Gasteiger partial charge on any atom is -0.372 e. The number of sulfonamides is 1. The van der Waals surface area contributed by atoms with Gasteiger partial charge in [-0.25, -0.2) is 8.42 Å². The van der Waals surface area contributed by atoms with Gasteiger partial charge in [0.05, 0.1) is 16.6 Å². The second-order valence-corrected chi connectivity index (χ2v) is 10.7. The third-order valence-corrected chi connectivity index (χ3v) is 8.01. The number of nitrogens with zero attached hydrogens (tertiary/aromatic N) is 2.